The lowest BCUT2D eigenvalue weighted by atomic mass is 10.2. The Morgan fingerprint density at radius 2 is 1.88 bits per heavy atom. The lowest BCUT2D eigenvalue weighted by molar-refractivity contribution is -0.384. The van der Waals surface area contributed by atoms with Gasteiger partial charge >= 0.3 is 5.97 Å². The molecular formula is C16H13ClN2O5. The van der Waals surface area contributed by atoms with Gasteiger partial charge in [0.2, 0.25) is 0 Å². The van der Waals surface area contributed by atoms with Crippen molar-refractivity contribution in [1.82, 2.24) is 5.32 Å². The van der Waals surface area contributed by atoms with Gasteiger partial charge in [-0.1, -0.05) is 41.9 Å². The topological polar surface area (TPSA) is 98.5 Å². The van der Waals surface area contributed by atoms with Crippen molar-refractivity contribution in [2.75, 3.05) is 6.61 Å². The molecule has 0 radical (unpaired) electrons. The van der Waals surface area contributed by atoms with Gasteiger partial charge in [-0.25, -0.2) is 4.79 Å². The molecule has 1 N–H and O–H groups in total. The van der Waals surface area contributed by atoms with Crippen LogP contribution >= 0.6 is 11.6 Å². The van der Waals surface area contributed by atoms with E-state index in [1.54, 1.807) is 0 Å². The van der Waals surface area contributed by atoms with Crippen molar-refractivity contribution in [2.24, 2.45) is 0 Å². The number of halogens is 1. The number of amides is 1. The Hall–Kier alpha value is -2.93. The largest absolute Gasteiger partial charge is 0.452 e. The van der Waals surface area contributed by atoms with Gasteiger partial charge in [0.05, 0.1) is 15.5 Å². The Morgan fingerprint density at radius 1 is 1.17 bits per heavy atom. The first-order valence-electron chi connectivity index (χ1n) is 6.89. The van der Waals surface area contributed by atoms with E-state index in [4.69, 9.17) is 16.3 Å². The molecule has 24 heavy (non-hydrogen) atoms. The number of hydrogen-bond acceptors (Lipinski definition) is 5. The Morgan fingerprint density at radius 3 is 2.50 bits per heavy atom. The van der Waals surface area contributed by atoms with E-state index < -0.39 is 23.4 Å². The minimum atomic E-state index is -0.829. The zero-order valence-electron chi connectivity index (χ0n) is 12.4. The van der Waals surface area contributed by atoms with E-state index >= 15 is 0 Å². The number of nitrogens with one attached hydrogen (secondary N) is 1. The van der Waals surface area contributed by atoms with Crippen LogP contribution in [0.15, 0.2) is 48.5 Å². The second kappa shape index (κ2) is 8.07. The number of esters is 1. The molecule has 2 aromatic rings. The van der Waals surface area contributed by atoms with Crippen LogP contribution in [0.2, 0.25) is 5.02 Å². The minimum Gasteiger partial charge on any atom is -0.452 e. The minimum absolute atomic E-state index is 0.0434. The molecule has 0 aliphatic rings. The molecule has 0 bridgehead atoms. The summed E-state index contributed by atoms with van der Waals surface area (Å²) in [5, 5.41) is 13.1. The van der Waals surface area contributed by atoms with Gasteiger partial charge in [-0.2, -0.15) is 0 Å². The fourth-order valence-corrected chi connectivity index (χ4v) is 2.09. The quantitative estimate of drug-likeness (QED) is 0.491. The molecule has 7 nitrogen and oxygen atoms in total. The number of nitro groups is 1. The molecule has 8 heteroatoms. The molecule has 0 heterocycles. The van der Waals surface area contributed by atoms with Crippen molar-refractivity contribution >= 4 is 29.2 Å². The predicted octanol–water partition coefficient (Wildman–Crippen LogP) is 2.72. The summed E-state index contributed by atoms with van der Waals surface area (Å²) in [6.45, 7) is -0.158. The normalized spacial score (nSPS) is 10.0. The molecule has 0 spiro atoms. The third-order valence-corrected chi connectivity index (χ3v) is 3.36. The molecule has 0 unspecified atom stereocenters. The SMILES string of the molecule is O=C(COC(=O)c1ccc([N+](=O)[O-])cc1Cl)NCc1ccccc1. The Bertz CT molecular complexity index is 764. The second-order valence-corrected chi connectivity index (χ2v) is 5.17. The van der Waals surface area contributed by atoms with E-state index in [-0.39, 0.29) is 16.3 Å². The van der Waals surface area contributed by atoms with Gasteiger partial charge in [0.15, 0.2) is 6.61 Å². The molecule has 0 saturated heterocycles. The summed E-state index contributed by atoms with van der Waals surface area (Å²) in [5.74, 6) is -1.30. The molecule has 1 amide bonds. The third-order valence-electron chi connectivity index (χ3n) is 3.05. The van der Waals surface area contributed by atoms with E-state index in [2.05, 4.69) is 5.32 Å². The van der Waals surface area contributed by atoms with Crippen LogP contribution in [0.3, 0.4) is 0 Å². The van der Waals surface area contributed by atoms with E-state index in [1.165, 1.54) is 6.07 Å². The molecule has 0 aliphatic heterocycles. The average Bonchev–Trinajstić information content (AvgIpc) is 2.58. The van der Waals surface area contributed by atoms with Crippen molar-refractivity contribution in [1.29, 1.82) is 0 Å². The number of carbonyl (C=O) groups excluding carboxylic acids is 2. The fraction of sp³-hybridized carbons (Fsp3) is 0.125. The number of rotatable bonds is 6. The van der Waals surface area contributed by atoms with Crippen molar-refractivity contribution in [3.63, 3.8) is 0 Å². The summed E-state index contributed by atoms with van der Waals surface area (Å²) in [7, 11) is 0. The first-order chi connectivity index (χ1) is 11.5. The summed E-state index contributed by atoms with van der Waals surface area (Å²) in [6, 6.07) is 12.6. The molecule has 0 atom stereocenters. The number of hydrogen-bond donors (Lipinski definition) is 1. The lowest BCUT2D eigenvalue weighted by Crippen LogP contribution is -2.28. The van der Waals surface area contributed by atoms with Gasteiger partial charge in [0.1, 0.15) is 0 Å². The molecule has 0 fully saturated rings. The smallest absolute Gasteiger partial charge is 0.340 e. The highest BCUT2D eigenvalue weighted by Crippen LogP contribution is 2.23. The van der Waals surface area contributed by atoms with Gasteiger partial charge in [-0.05, 0) is 11.6 Å². The molecular weight excluding hydrogens is 336 g/mol. The van der Waals surface area contributed by atoms with Gasteiger partial charge in [0.25, 0.3) is 11.6 Å². The maximum atomic E-state index is 11.9. The highest BCUT2D eigenvalue weighted by molar-refractivity contribution is 6.33. The number of benzene rings is 2. The summed E-state index contributed by atoms with van der Waals surface area (Å²) in [5.41, 5.74) is 0.630. The van der Waals surface area contributed by atoms with Gasteiger partial charge in [-0.15, -0.1) is 0 Å². The van der Waals surface area contributed by atoms with Crippen LogP contribution < -0.4 is 5.32 Å². The summed E-state index contributed by atoms with van der Waals surface area (Å²) in [4.78, 5) is 33.5. The zero-order chi connectivity index (χ0) is 17.5. The summed E-state index contributed by atoms with van der Waals surface area (Å²) < 4.78 is 4.85. The average molecular weight is 349 g/mol. The zero-order valence-corrected chi connectivity index (χ0v) is 13.2. The highest BCUT2D eigenvalue weighted by Gasteiger charge is 2.17. The van der Waals surface area contributed by atoms with Crippen LogP contribution in [0, 0.1) is 10.1 Å². The van der Waals surface area contributed by atoms with Gasteiger partial charge in [-0.3, -0.25) is 14.9 Å². The van der Waals surface area contributed by atoms with Crippen molar-refractivity contribution in [3.8, 4) is 0 Å². The van der Waals surface area contributed by atoms with Crippen LogP contribution in [-0.4, -0.2) is 23.4 Å². The Balaban J connectivity index is 1.86. The number of carbonyl (C=O) groups is 2. The monoisotopic (exact) mass is 348 g/mol. The van der Waals surface area contributed by atoms with Crippen LogP contribution in [0.4, 0.5) is 5.69 Å². The van der Waals surface area contributed by atoms with E-state index in [1.807, 2.05) is 30.3 Å². The second-order valence-electron chi connectivity index (χ2n) is 4.76. The van der Waals surface area contributed by atoms with Crippen LogP contribution in [0.25, 0.3) is 0 Å². The predicted molar refractivity (Wildman–Crippen MR) is 86.7 cm³/mol. The Kier molecular flexibility index (Phi) is 5.86. The summed E-state index contributed by atoms with van der Waals surface area (Å²) in [6.07, 6.45) is 0. The number of non-ortho nitro benzene ring substituents is 1. The lowest BCUT2D eigenvalue weighted by Gasteiger charge is -2.07. The van der Waals surface area contributed by atoms with Crippen LogP contribution in [0.5, 0.6) is 0 Å². The highest BCUT2D eigenvalue weighted by atomic mass is 35.5. The number of ether oxygens (including phenoxy) is 1. The third kappa shape index (κ3) is 4.79. The summed E-state index contributed by atoms with van der Waals surface area (Å²) >= 11 is 5.82. The molecule has 2 aromatic carbocycles. The van der Waals surface area contributed by atoms with E-state index in [0.717, 1.165) is 17.7 Å². The first kappa shape index (κ1) is 17.4. The molecule has 0 saturated carbocycles. The van der Waals surface area contributed by atoms with Crippen LogP contribution in [0.1, 0.15) is 15.9 Å². The standard InChI is InChI=1S/C16H13ClN2O5/c17-14-8-12(19(22)23)6-7-13(14)16(21)24-10-15(20)18-9-11-4-2-1-3-5-11/h1-8H,9-10H2,(H,18,20). The molecule has 0 aromatic heterocycles. The fourth-order valence-electron chi connectivity index (χ4n) is 1.84. The van der Waals surface area contributed by atoms with Crippen molar-refractivity contribution in [2.45, 2.75) is 6.54 Å². The van der Waals surface area contributed by atoms with E-state index in [0.29, 0.717) is 6.54 Å². The maximum Gasteiger partial charge on any atom is 0.340 e. The maximum absolute atomic E-state index is 11.9. The molecule has 0 aliphatic carbocycles. The Labute approximate surface area is 142 Å². The van der Waals surface area contributed by atoms with Crippen molar-refractivity contribution < 1.29 is 19.2 Å². The first-order valence-corrected chi connectivity index (χ1v) is 7.27. The van der Waals surface area contributed by atoms with Gasteiger partial charge < -0.3 is 10.1 Å². The van der Waals surface area contributed by atoms with Crippen LogP contribution in [-0.2, 0) is 16.1 Å². The molecule has 124 valence electrons. The number of nitrogens with zero attached hydrogens (tertiary/aromatic N) is 1. The molecule has 2 rings (SSSR count). The van der Waals surface area contributed by atoms with E-state index in [9.17, 15) is 19.7 Å². The number of nitro benzene ring substituents is 1. The van der Waals surface area contributed by atoms with Crippen molar-refractivity contribution in [3.05, 3.63) is 74.8 Å². The van der Waals surface area contributed by atoms with Gasteiger partial charge in [0, 0.05) is 18.7 Å².